The molecule has 2 heterocycles. The van der Waals surface area contributed by atoms with Gasteiger partial charge in [0.2, 0.25) is 5.91 Å². The van der Waals surface area contributed by atoms with E-state index >= 15 is 0 Å². The van der Waals surface area contributed by atoms with E-state index in [0.29, 0.717) is 10.7 Å². The van der Waals surface area contributed by atoms with Gasteiger partial charge in [0.15, 0.2) is 0 Å². The lowest BCUT2D eigenvalue weighted by Crippen LogP contribution is -2.42. The van der Waals surface area contributed by atoms with Gasteiger partial charge in [-0.15, -0.1) is 11.8 Å². The second-order valence-corrected chi connectivity index (χ2v) is 7.28. The molecule has 1 aromatic carbocycles. The Bertz CT molecular complexity index is 465. The number of hydrogen-bond donors (Lipinski definition) is 0. The first kappa shape index (κ1) is 12.5. The van der Waals surface area contributed by atoms with Crippen LogP contribution in [0, 0.1) is 0 Å². The van der Waals surface area contributed by atoms with Crippen molar-refractivity contribution in [2.45, 2.75) is 28.5 Å². The SMILES string of the molecule is O=C(C1CSc2ccccc21)N1CCCC(Br)C1. The van der Waals surface area contributed by atoms with E-state index in [0.717, 1.165) is 25.3 Å². The third-order valence-corrected chi connectivity index (χ3v) is 5.60. The summed E-state index contributed by atoms with van der Waals surface area (Å²) in [6, 6.07) is 8.31. The quantitative estimate of drug-likeness (QED) is 0.739. The molecule has 2 unspecified atom stereocenters. The van der Waals surface area contributed by atoms with Crippen molar-refractivity contribution in [2.24, 2.45) is 0 Å². The number of likely N-dealkylation sites (tertiary alicyclic amines) is 1. The van der Waals surface area contributed by atoms with Gasteiger partial charge in [0.1, 0.15) is 0 Å². The molecule has 1 fully saturated rings. The van der Waals surface area contributed by atoms with Gasteiger partial charge in [0, 0.05) is 28.6 Å². The minimum Gasteiger partial charge on any atom is -0.341 e. The van der Waals surface area contributed by atoms with Crippen LogP contribution in [-0.4, -0.2) is 34.5 Å². The molecule has 0 N–H and O–H groups in total. The van der Waals surface area contributed by atoms with E-state index in [9.17, 15) is 4.79 Å². The van der Waals surface area contributed by atoms with Gasteiger partial charge in [0.05, 0.1) is 5.92 Å². The van der Waals surface area contributed by atoms with Crippen LogP contribution in [0.2, 0.25) is 0 Å². The zero-order valence-electron chi connectivity index (χ0n) is 10.1. The molecule has 2 aliphatic rings. The summed E-state index contributed by atoms with van der Waals surface area (Å²) in [5.74, 6) is 1.29. The highest BCUT2D eigenvalue weighted by molar-refractivity contribution is 9.09. The summed E-state index contributed by atoms with van der Waals surface area (Å²) < 4.78 is 0. The molecule has 2 atom stereocenters. The zero-order valence-corrected chi connectivity index (χ0v) is 12.5. The number of alkyl halides is 1. The number of carbonyl (C=O) groups is 1. The molecule has 3 rings (SSSR count). The molecule has 4 heteroatoms. The molecular formula is C14H16BrNOS. The molecule has 2 aliphatic heterocycles. The van der Waals surface area contributed by atoms with Crippen LogP contribution in [0.15, 0.2) is 29.2 Å². The van der Waals surface area contributed by atoms with Crippen LogP contribution in [0.25, 0.3) is 0 Å². The number of carbonyl (C=O) groups excluding carboxylic acids is 1. The highest BCUT2D eigenvalue weighted by Crippen LogP contribution is 2.40. The number of fused-ring (bicyclic) bond motifs is 1. The van der Waals surface area contributed by atoms with Gasteiger partial charge < -0.3 is 4.90 Å². The van der Waals surface area contributed by atoms with Crippen molar-refractivity contribution in [2.75, 3.05) is 18.8 Å². The van der Waals surface area contributed by atoms with Gasteiger partial charge in [-0.2, -0.15) is 0 Å². The van der Waals surface area contributed by atoms with E-state index in [1.165, 1.54) is 16.9 Å². The molecule has 0 aromatic heterocycles. The number of amides is 1. The number of rotatable bonds is 1. The number of halogens is 1. The topological polar surface area (TPSA) is 20.3 Å². The molecule has 0 spiro atoms. The molecule has 18 heavy (non-hydrogen) atoms. The fourth-order valence-electron chi connectivity index (χ4n) is 2.71. The van der Waals surface area contributed by atoms with Crippen LogP contribution in [0.5, 0.6) is 0 Å². The number of benzene rings is 1. The maximum absolute atomic E-state index is 12.6. The summed E-state index contributed by atoms with van der Waals surface area (Å²) in [5.41, 5.74) is 1.23. The Morgan fingerprint density at radius 1 is 1.39 bits per heavy atom. The summed E-state index contributed by atoms with van der Waals surface area (Å²) in [6.07, 6.45) is 2.29. The van der Waals surface area contributed by atoms with Crippen molar-refractivity contribution in [3.63, 3.8) is 0 Å². The van der Waals surface area contributed by atoms with Crippen molar-refractivity contribution >= 4 is 33.6 Å². The summed E-state index contributed by atoms with van der Waals surface area (Å²) in [6.45, 7) is 1.78. The van der Waals surface area contributed by atoms with Gasteiger partial charge in [-0.05, 0) is 24.5 Å². The van der Waals surface area contributed by atoms with E-state index in [-0.39, 0.29) is 5.92 Å². The van der Waals surface area contributed by atoms with Gasteiger partial charge in [-0.25, -0.2) is 0 Å². The smallest absolute Gasteiger partial charge is 0.231 e. The van der Waals surface area contributed by atoms with Crippen molar-refractivity contribution < 1.29 is 4.79 Å². The number of piperidine rings is 1. The van der Waals surface area contributed by atoms with Gasteiger partial charge >= 0.3 is 0 Å². The van der Waals surface area contributed by atoms with Crippen LogP contribution in [0.3, 0.4) is 0 Å². The van der Waals surface area contributed by atoms with Crippen LogP contribution >= 0.6 is 27.7 Å². The van der Waals surface area contributed by atoms with Gasteiger partial charge in [-0.1, -0.05) is 34.1 Å². The van der Waals surface area contributed by atoms with Crippen LogP contribution in [0.4, 0.5) is 0 Å². The van der Waals surface area contributed by atoms with Crippen molar-refractivity contribution in [1.29, 1.82) is 0 Å². The van der Waals surface area contributed by atoms with Crippen molar-refractivity contribution in [3.8, 4) is 0 Å². The zero-order chi connectivity index (χ0) is 12.5. The van der Waals surface area contributed by atoms with E-state index < -0.39 is 0 Å². The normalized spacial score (nSPS) is 27.1. The maximum Gasteiger partial charge on any atom is 0.231 e. The molecule has 1 saturated heterocycles. The van der Waals surface area contributed by atoms with E-state index in [1.54, 1.807) is 0 Å². The summed E-state index contributed by atoms with van der Waals surface area (Å²) in [7, 11) is 0. The largest absolute Gasteiger partial charge is 0.341 e. The monoisotopic (exact) mass is 325 g/mol. The fourth-order valence-corrected chi connectivity index (χ4v) is 4.61. The Hall–Kier alpha value is -0.480. The van der Waals surface area contributed by atoms with E-state index in [2.05, 4.69) is 28.1 Å². The highest BCUT2D eigenvalue weighted by Gasteiger charge is 2.33. The Kier molecular flexibility index (Phi) is 3.66. The van der Waals surface area contributed by atoms with Crippen molar-refractivity contribution in [3.05, 3.63) is 29.8 Å². The molecule has 1 amide bonds. The van der Waals surface area contributed by atoms with Crippen LogP contribution in [-0.2, 0) is 4.79 Å². The molecule has 0 radical (unpaired) electrons. The van der Waals surface area contributed by atoms with Crippen molar-refractivity contribution in [1.82, 2.24) is 4.90 Å². The first-order chi connectivity index (χ1) is 8.75. The average molecular weight is 326 g/mol. The Morgan fingerprint density at radius 2 is 2.22 bits per heavy atom. The Labute approximate surface area is 120 Å². The highest BCUT2D eigenvalue weighted by atomic mass is 79.9. The van der Waals surface area contributed by atoms with Gasteiger partial charge in [0.25, 0.3) is 0 Å². The van der Waals surface area contributed by atoms with Crippen LogP contribution < -0.4 is 0 Å². The first-order valence-corrected chi connectivity index (χ1v) is 8.30. The molecule has 2 nitrogen and oxygen atoms in total. The summed E-state index contributed by atoms with van der Waals surface area (Å²) in [4.78, 5) is 16.4. The lowest BCUT2D eigenvalue weighted by atomic mass is 9.98. The fraction of sp³-hybridized carbons (Fsp3) is 0.500. The third-order valence-electron chi connectivity index (χ3n) is 3.67. The Balaban J connectivity index is 1.78. The standard InChI is InChI=1S/C14H16BrNOS/c15-10-4-3-7-16(8-10)14(17)12-9-18-13-6-2-1-5-11(12)13/h1-2,5-6,10,12H,3-4,7-9H2. The van der Waals surface area contributed by atoms with E-state index in [4.69, 9.17) is 0 Å². The average Bonchev–Trinajstić information content (AvgIpc) is 2.82. The van der Waals surface area contributed by atoms with E-state index in [1.807, 2.05) is 28.8 Å². The minimum absolute atomic E-state index is 0.0731. The number of nitrogens with zero attached hydrogens (tertiary/aromatic N) is 1. The molecule has 96 valence electrons. The molecule has 0 aliphatic carbocycles. The summed E-state index contributed by atoms with van der Waals surface area (Å²) in [5, 5.41) is 0. The predicted octanol–water partition coefficient (Wildman–Crippen LogP) is 3.26. The number of hydrogen-bond acceptors (Lipinski definition) is 2. The molecule has 0 bridgehead atoms. The predicted molar refractivity (Wildman–Crippen MR) is 78.4 cm³/mol. The third kappa shape index (κ3) is 2.32. The molecule has 1 aromatic rings. The first-order valence-electron chi connectivity index (χ1n) is 6.40. The lowest BCUT2D eigenvalue weighted by molar-refractivity contribution is -0.133. The number of thioether (sulfide) groups is 1. The molecular weight excluding hydrogens is 310 g/mol. The lowest BCUT2D eigenvalue weighted by Gasteiger charge is -2.32. The minimum atomic E-state index is 0.0731. The van der Waals surface area contributed by atoms with Crippen LogP contribution in [0.1, 0.15) is 24.3 Å². The summed E-state index contributed by atoms with van der Waals surface area (Å²) >= 11 is 5.45. The second-order valence-electron chi connectivity index (χ2n) is 4.93. The van der Waals surface area contributed by atoms with Gasteiger partial charge in [-0.3, -0.25) is 4.79 Å². The maximum atomic E-state index is 12.6. The molecule has 0 saturated carbocycles. The second kappa shape index (κ2) is 5.25. The Morgan fingerprint density at radius 3 is 3.06 bits per heavy atom.